The van der Waals surface area contributed by atoms with Crippen molar-refractivity contribution < 1.29 is 23.9 Å². The molecule has 156 valence electrons. The number of hydrogen-bond donors (Lipinski definition) is 3. The van der Waals surface area contributed by atoms with Crippen LogP contribution in [-0.2, 0) is 19.1 Å². The van der Waals surface area contributed by atoms with Crippen molar-refractivity contribution in [3.8, 4) is 0 Å². The Morgan fingerprint density at radius 1 is 1.14 bits per heavy atom. The quantitative estimate of drug-likeness (QED) is 0.632. The van der Waals surface area contributed by atoms with Gasteiger partial charge in [-0.1, -0.05) is 6.07 Å². The fraction of sp³-hybridized carbons (Fsp3) is 0.500. The number of ether oxygens (including phenoxy) is 1. The first-order chi connectivity index (χ1) is 14.0. The van der Waals surface area contributed by atoms with Crippen molar-refractivity contribution in [3.63, 3.8) is 0 Å². The highest BCUT2D eigenvalue weighted by molar-refractivity contribution is 5.99. The molecule has 9 heteroatoms. The fourth-order valence-corrected chi connectivity index (χ4v) is 3.61. The van der Waals surface area contributed by atoms with Gasteiger partial charge in [0.25, 0.3) is 11.8 Å². The molecule has 1 aromatic carbocycles. The Hall–Kier alpha value is -2.94. The van der Waals surface area contributed by atoms with Gasteiger partial charge in [0, 0.05) is 31.5 Å². The van der Waals surface area contributed by atoms with Crippen molar-refractivity contribution in [1.29, 1.82) is 0 Å². The van der Waals surface area contributed by atoms with Gasteiger partial charge in [-0.3, -0.25) is 19.2 Å². The maximum absolute atomic E-state index is 12.4. The van der Waals surface area contributed by atoms with E-state index in [1.54, 1.807) is 24.3 Å². The minimum Gasteiger partial charge on any atom is -0.368 e. The van der Waals surface area contributed by atoms with Gasteiger partial charge in [-0.25, -0.2) is 0 Å². The van der Waals surface area contributed by atoms with Crippen LogP contribution in [0.1, 0.15) is 36.0 Å². The first-order valence-corrected chi connectivity index (χ1v) is 9.81. The highest BCUT2D eigenvalue weighted by Crippen LogP contribution is 2.18. The van der Waals surface area contributed by atoms with Gasteiger partial charge in [0.2, 0.25) is 11.8 Å². The molecule has 2 aliphatic rings. The Kier molecular flexibility index (Phi) is 6.82. The van der Waals surface area contributed by atoms with Crippen molar-refractivity contribution in [1.82, 2.24) is 15.5 Å². The number of likely N-dealkylation sites (N-methyl/N-ethyl adjacent to an activating group) is 1. The van der Waals surface area contributed by atoms with E-state index >= 15 is 0 Å². The molecule has 2 atom stereocenters. The van der Waals surface area contributed by atoms with Crippen LogP contribution in [0.15, 0.2) is 24.3 Å². The second kappa shape index (κ2) is 9.51. The summed E-state index contributed by atoms with van der Waals surface area (Å²) in [4.78, 5) is 50.4. The van der Waals surface area contributed by atoms with Crippen molar-refractivity contribution >= 4 is 29.3 Å². The van der Waals surface area contributed by atoms with Crippen molar-refractivity contribution in [2.45, 2.75) is 37.8 Å². The van der Waals surface area contributed by atoms with E-state index in [0.29, 0.717) is 37.2 Å². The Labute approximate surface area is 169 Å². The standard InChI is InChI=1S/C20H26N4O5/c1-21-19(27)15-7-3-9-24(15)17(25)12-22-18(26)13-5-2-6-14(11-13)23-20(28)16-8-4-10-29-16/h2,5-6,11,15-16H,3-4,7-10,12H2,1H3,(H,21,27)(H,22,26)(H,23,28). The number of benzene rings is 1. The summed E-state index contributed by atoms with van der Waals surface area (Å²) in [7, 11) is 1.54. The number of nitrogens with one attached hydrogen (secondary N) is 3. The molecule has 2 aliphatic heterocycles. The lowest BCUT2D eigenvalue weighted by Crippen LogP contribution is -2.48. The molecule has 2 fully saturated rings. The topological polar surface area (TPSA) is 117 Å². The summed E-state index contributed by atoms with van der Waals surface area (Å²) in [5.41, 5.74) is 0.816. The lowest BCUT2D eigenvalue weighted by molar-refractivity contribution is -0.137. The highest BCUT2D eigenvalue weighted by Gasteiger charge is 2.33. The molecule has 0 saturated carbocycles. The van der Waals surface area contributed by atoms with E-state index in [4.69, 9.17) is 4.74 Å². The molecule has 2 unspecified atom stereocenters. The van der Waals surface area contributed by atoms with Crippen LogP contribution in [0.25, 0.3) is 0 Å². The number of carbonyl (C=O) groups is 4. The molecule has 0 aromatic heterocycles. The van der Waals surface area contributed by atoms with E-state index in [2.05, 4.69) is 16.0 Å². The van der Waals surface area contributed by atoms with Crippen molar-refractivity contribution in [2.75, 3.05) is 32.1 Å². The second-order valence-corrected chi connectivity index (χ2v) is 7.11. The van der Waals surface area contributed by atoms with Gasteiger partial charge in [0.05, 0.1) is 6.54 Å². The summed E-state index contributed by atoms with van der Waals surface area (Å²) >= 11 is 0. The summed E-state index contributed by atoms with van der Waals surface area (Å²) in [5.74, 6) is -1.16. The zero-order chi connectivity index (χ0) is 20.8. The second-order valence-electron chi connectivity index (χ2n) is 7.11. The molecule has 1 aromatic rings. The number of likely N-dealkylation sites (tertiary alicyclic amines) is 1. The van der Waals surface area contributed by atoms with E-state index in [-0.39, 0.29) is 24.3 Å². The van der Waals surface area contributed by atoms with E-state index in [1.165, 1.54) is 11.9 Å². The summed E-state index contributed by atoms with van der Waals surface area (Å²) in [6.07, 6.45) is 2.45. The van der Waals surface area contributed by atoms with Crippen LogP contribution in [0, 0.1) is 0 Å². The number of hydrogen-bond acceptors (Lipinski definition) is 5. The molecule has 0 aliphatic carbocycles. The average molecular weight is 402 g/mol. The summed E-state index contributed by atoms with van der Waals surface area (Å²) in [5, 5.41) is 7.90. The smallest absolute Gasteiger partial charge is 0.253 e. The third-order valence-electron chi connectivity index (χ3n) is 5.14. The lowest BCUT2D eigenvalue weighted by atomic mass is 10.1. The molecule has 9 nitrogen and oxygen atoms in total. The summed E-state index contributed by atoms with van der Waals surface area (Å²) in [6, 6.07) is 6.01. The Morgan fingerprint density at radius 3 is 2.69 bits per heavy atom. The van der Waals surface area contributed by atoms with Crippen LogP contribution < -0.4 is 16.0 Å². The van der Waals surface area contributed by atoms with Crippen LogP contribution >= 0.6 is 0 Å². The first-order valence-electron chi connectivity index (χ1n) is 9.81. The van der Waals surface area contributed by atoms with E-state index in [1.807, 2.05) is 0 Å². The lowest BCUT2D eigenvalue weighted by Gasteiger charge is -2.23. The van der Waals surface area contributed by atoms with Crippen molar-refractivity contribution in [3.05, 3.63) is 29.8 Å². The van der Waals surface area contributed by atoms with Gasteiger partial charge < -0.3 is 25.6 Å². The summed E-state index contributed by atoms with van der Waals surface area (Å²) < 4.78 is 5.35. The van der Waals surface area contributed by atoms with Gasteiger partial charge in [-0.2, -0.15) is 0 Å². The van der Waals surface area contributed by atoms with Crippen LogP contribution in [0.4, 0.5) is 5.69 Å². The Balaban J connectivity index is 1.54. The molecule has 2 saturated heterocycles. The Bertz CT molecular complexity index is 791. The number of nitrogens with zero attached hydrogens (tertiary/aromatic N) is 1. The largest absolute Gasteiger partial charge is 0.368 e. The average Bonchev–Trinajstić information content (AvgIpc) is 3.43. The molecule has 4 amide bonds. The molecule has 29 heavy (non-hydrogen) atoms. The molecule has 0 bridgehead atoms. The first kappa shape index (κ1) is 20.8. The van der Waals surface area contributed by atoms with Gasteiger partial charge >= 0.3 is 0 Å². The molecular weight excluding hydrogens is 376 g/mol. The molecule has 3 rings (SSSR count). The predicted octanol–water partition coefficient (Wildman–Crippen LogP) is 0.271. The van der Waals surface area contributed by atoms with Crippen molar-refractivity contribution in [2.24, 2.45) is 0 Å². The van der Waals surface area contributed by atoms with E-state index in [0.717, 1.165) is 12.8 Å². The summed E-state index contributed by atoms with van der Waals surface area (Å²) in [6.45, 7) is 0.878. The Morgan fingerprint density at radius 2 is 1.97 bits per heavy atom. The molecule has 3 N–H and O–H groups in total. The van der Waals surface area contributed by atoms with Crippen LogP contribution in [0.2, 0.25) is 0 Å². The third kappa shape index (κ3) is 5.11. The van der Waals surface area contributed by atoms with Crippen LogP contribution in [0.5, 0.6) is 0 Å². The predicted molar refractivity (Wildman–Crippen MR) is 105 cm³/mol. The number of anilines is 1. The van der Waals surface area contributed by atoms with E-state index < -0.39 is 18.1 Å². The molecular formula is C20H26N4O5. The number of rotatable bonds is 6. The number of carbonyl (C=O) groups excluding carboxylic acids is 4. The van der Waals surface area contributed by atoms with Gasteiger partial charge in [-0.05, 0) is 43.9 Å². The van der Waals surface area contributed by atoms with Gasteiger partial charge in [0.15, 0.2) is 0 Å². The van der Waals surface area contributed by atoms with Gasteiger partial charge in [-0.15, -0.1) is 0 Å². The maximum atomic E-state index is 12.4. The maximum Gasteiger partial charge on any atom is 0.253 e. The third-order valence-corrected chi connectivity index (χ3v) is 5.14. The highest BCUT2D eigenvalue weighted by atomic mass is 16.5. The molecule has 0 spiro atoms. The zero-order valence-electron chi connectivity index (χ0n) is 16.4. The fourth-order valence-electron chi connectivity index (χ4n) is 3.61. The molecule has 0 radical (unpaired) electrons. The minimum atomic E-state index is -0.485. The van der Waals surface area contributed by atoms with Crippen LogP contribution in [0.3, 0.4) is 0 Å². The SMILES string of the molecule is CNC(=O)C1CCCN1C(=O)CNC(=O)c1cccc(NC(=O)C2CCCO2)c1. The van der Waals surface area contributed by atoms with E-state index in [9.17, 15) is 19.2 Å². The minimum absolute atomic E-state index is 0.196. The number of amides is 4. The van der Waals surface area contributed by atoms with Crippen LogP contribution in [-0.4, -0.2) is 67.4 Å². The molecule has 2 heterocycles. The monoisotopic (exact) mass is 402 g/mol. The normalized spacial score (nSPS) is 20.9. The zero-order valence-corrected chi connectivity index (χ0v) is 16.4. The van der Waals surface area contributed by atoms with Gasteiger partial charge in [0.1, 0.15) is 12.1 Å².